The molecule has 0 amide bonds. The molecule has 0 aromatic rings. The van der Waals surface area contributed by atoms with E-state index in [9.17, 15) is 0 Å². The lowest BCUT2D eigenvalue weighted by Gasteiger charge is -2.33. The van der Waals surface area contributed by atoms with Gasteiger partial charge in [0.25, 0.3) is 0 Å². The second-order valence-electron chi connectivity index (χ2n) is 4.77. The molecule has 0 atom stereocenters. The summed E-state index contributed by atoms with van der Waals surface area (Å²) in [6, 6.07) is 0.698. The Hall–Kier alpha value is -0.300. The standard InChI is InChI=1S/C12H23N/c1-9(2)12-6-7-13(10(3)4)8-11(12)5/h9-10H,6-8H2,1-5H3. The lowest BCUT2D eigenvalue weighted by atomic mass is 9.91. The second kappa shape index (κ2) is 4.28. The monoisotopic (exact) mass is 181 g/mol. The SMILES string of the molecule is CC1=C(C(C)C)CCN(C(C)C)C1. The van der Waals surface area contributed by atoms with E-state index in [1.165, 1.54) is 19.5 Å². The van der Waals surface area contributed by atoms with Gasteiger partial charge in [0.05, 0.1) is 0 Å². The molecule has 1 nitrogen and oxygen atoms in total. The molecule has 1 heterocycles. The normalized spacial score (nSPS) is 20.5. The maximum Gasteiger partial charge on any atom is 0.0195 e. The maximum atomic E-state index is 2.56. The minimum atomic E-state index is 0.698. The zero-order valence-electron chi connectivity index (χ0n) is 9.72. The molecule has 0 aromatic carbocycles. The van der Waals surface area contributed by atoms with Crippen molar-refractivity contribution in [1.82, 2.24) is 4.90 Å². The van der Waals surface area contributed by atoms with Crippen LogP contribution in [0.15, 0.2) is 11.1 Å². The highest BCUT2D eigenvalue weighted by Gasteiger charge is 2.19. The van der Waals surface area contributed by atoms with Crippen LogP contribution < -0.4 is 0 Å². The first-order valence-electron chi connectivity index (χ1n) is 5.45. The van der Waals surface area contributed by atoms with Crippen molar-refractivity contribution >= 4 is 0 Å². The minimum Gasteiger partial charge on any atom is -0.297 e. The van der Waals surface area contributed by atoms with Gasteiger partial charge in [0.15, 0.2) is 0 Å². The number of hydrogen-bond acceptors (Lipinski definition) is 1. The Morgan fingerprint density at radius 2 is 1.77 bits per heavy atom. The van der Waals surface area contributed by atoms with Crippen molar-refractivity contribution < 1.29 is 0 Å². The predicted molar refractivity (Wildman–Crippen MR) is 58.9 cm³/mol. The van der Waals surface area contributed by atoms with E-state index < -0.39 is 0 Å². The summed E-state index contributed by atoms with van der Waals surface area (Å²) >= 11 is 0. The molecule has 0 saturated carbocycles. The molecule has 0 bridgehead atoms. The molecule has 13 heavy (non-hydrogen) atoms. The fourth-order valence-electron chi connectivity index (χ4n) is 2.18. The Labute approximate surface area is 82.8 Å². The fraction of sp³-hybridized carbons (Fsp3) is 0.833. The van der Waals surface area contributed by atoms with Gasteiger partial charge in [-0.15, -0.1) is 0 Å². The summed E-state index contributed by atoms with van der Waals surface area (Å²) in [5.41, 5.74) is 3.30. The summed E-state index contributed by atoms with van der Waals surface area (Å²) in [6.45, 7) is 13.9. The third-order valence-electron chi connectivity index (χ3n) is 3.08. The van der Waals surface area contributed by atoms with Gasteiger partial charge in [-0.3, -0.25) is 4.90 Å². The van der Waals surface area contributed by atoms with E-state index in [0.29, 0.717) is 6.04 Å². The molecule has 0 fully saturated rings. The zero-order chi connectivity index (χ0) is 10.0. The molecule has 1 aliphatic heterocycles. The van der Waals surface area contributed by atoms with Gasteiger partial charge in [-0.05, 0) is 33.1 Å². The molecule has 1 heteroatoms. The van der Waals surface area contributed by atoms with Crippen LogP contribution in [0.2, 0.25) is 0 Å². The van der Waals surface area contributed by atoms with E-state index >= 15 is 0 Å². The summed E-state index contributed by atoms with van der Waals surface area (Å²) in [4.78, 5) is 2.56. The Kier molecular flexibility index (Phi) is 3.55. The van der Waals surface area contributed by atoms with Gasteiger partial charge in [0, 0.05) is 19.1 Å². The molecule has 0 spiro atoms. The van der Waals surface area contributed by atoms with Crippen LogP contribution in [0.1, 0.15) is 41.0 Å². The summed E-state index contributed by atoms with van der Waals surface area (Å²) in [7, 11) is 0. The molecule has 76 valence electrons. The van der Waals surface area contributed by atoms with Crippen molar-refractivity contribution in [2.75, 3.05) is 13.1 Å². The highest BCUT2D eigenvalue weighted by atomic mass is 15.1. The van der Waals surface area contributed by atoms with Crippen LogP contribution in [0.4, 0.5) is 0 Å². The Morgan fingerprint density at radius 3 is 2.15 bits per heavy atom. The van der Waals surface area contributed by atoms with Crippen molar-refractivity contribution in [2.24, 2.45) is 5.92 Å². The van der Waals surface area contributed by atoms with Gasteiger partial charge >= 0.3 is 0 Å². The van der Waals surface area contributed by atoms with Crippen LogP contribution >= 0.6 is 0 Å². The van der Waals surface area contributed by atoms with Crippen molar-refractivity contribution in [2.45, 2.75) is 47.1 Å². The predicted octanol–water partition coefficient (Wildman–Crippen LogP) is 3.07. The van der Waals surface area contributed by atoms with E-state index in [1.54, 1.807) is 11.1 Å². The highest BCUT2D eigenvalue weighted by Crippen LogP contribution is 2.24. The lowest BCUT2D eigenvalue weighted by molar-refractivity contribution is 0.228. The third-order valence-corrected chi connectivity index (χ3v) is 3.08. The van der Waals surface area contributed by atoms with Crippen LogP contribution in [-0.2, 0) is 0 Å². The van der Waals surface area contributed by atoms with Crippen molar-refractivity contribution in [3.63, 3.8) is 0 Å². The van der Waals surface area contributed by atoms with Crippen LogP contribution in [-0.4, -0.2) is 24.0 Å². The van der Waals surface area contributed by atoms with E-state index in [-0.39, 0.29) is 0 Å². The molecule has 0 saturated heterocycles. The van der Waals surface area contributed by atoms with Gasteiger partial charge in [0.2, 0.25) is 0 Å². The second-order valence-corrected chi connectivity index (χ2v) is 4.77. The van der Waals surface area contributed by atoms with Crippen molar-refractivity contribution in [3.05, 3.63) is 11.1 Å². The third kappa shape index (κ3) is 2.57. The molecule has 0 radical (unpaired) electrons. The smallest absolute Gasteiger partial charge is 0.0195 e. The summed E-state index contributed by atoms with van der Waals surface area (Å²) in [5, 5.41) is 0. The Bertz CT molecular complexity index is 201. The van der Waals surface area contributed by atoms with Crippen LogP contribution in [0.5, 0.6) is 0 Å². The fourth-order valence-corrected chi connectivity index (χ4v) is 2.18. The summed E-state index contributed by atoms with van der Waals surface area (Å²) in [5.74, 6) is 0.745. The first-order chi connectivity index (χ1) is 6.02. The van der Waals surface area contributed by atoms with Crippen LogP contribution in [0, 0.1) is 5.92 Å². The maximum absolute atomic E-state index is 2.56. The molecule has 0 unspecified atom stereocenters. The van der Waals surface area contributed by atoms with Crippen LogP contribution in [0.3, 0.4) is 0 Å². The Balaban J connectivity index is 2.67. The number of rotatable bonds is 2. The zero-order valence-corrected chi connectivity index (χ0v) is 9.72. The average molecular weight is 181 g/mol. The van der Waals surface area contributed by atoms with Gasteiger partial charge in [0.1, 0.15) is 0 Å². The van der Waals surface area contributed by atoms with Gasteiger partial charge in [-0.1, -0.05) is 25.0 Å². The molecular weight excluding hydrogens is 158 g/mol. The highest BCUT2D eigenvalue weighted by molar-refractivity contribution is 5.19. The van der Waals surface area contributed by atoms with Crippen molar-refractivity contribution in [3.8, 4) is 0 Å². The van der Waals surface area contributed by atoms with Gasteiger partial charge in [-0.2, -0.15) is 0 Å². The molecular formula is C12H23N. The van der Waals surface area contributed by atoms with Crippen LogP contribution in [0.25, 0.3) is 0 Å². The number of nitrogens with zero attached hydrogens (tertiary/aromatic N) is 1. The molecule has 0 N–H and O–H groups in total. The first kappa shape index (κ1) is 10.8. The molecule has 1 aliphatic rings. The number of hydrogen-bond donors (Lipinski definition) is 0. The largest absolute Gasteiger partial charge is 0.297 e. The average Bonchev–Trinajstić information content (AvgIpc) is 2.03. The molecule has 0 aromatic heterocycles. The molecule has 0 aliphatic carbocycles. The summed E-state index contributed by atoms with van der Waals surface area (Å²) < 4.78 is 0. The van der Waals surface area contributed by atoms with E-state index in [4.69, 9.17) is 0 Å². The van der Waals surface area contributed by atoms with E-state index in [1.807, 2.05) is 0 Å². The first-order valence-corrected chi connectivity index (χ1v) is 5.45. The Morgan fingerprint density at radius 1 is 1.15 bits per heavy atom. The van der Waals surface area contributed by atoms with E-state index in [0.717, 1.165) is 5.92 Å². The van der Waals surface area contributed by atoms with E-state index in [2.05, 4.69) is 39.5 Å². The quantitative estimate of drug-likeness (QED) is 0.592. The molecule has 1 rings (SSSR count). The summed E-state index contributed by atoms with van der Waals surface area (Å²) in [6.07, 6.45) is 1.28. The van der Waals surface area contributed by atoms with Crippen molar-refractivity contribution in [1.29, 1.82) is 0 Å². The topological polar surface area (TPSA) is 3.24 Å². The van der Waals surface area contributed by atoms with Gasteiger partial charge < -0.3 is 0 Å². The van der Waals surface area contributed by atoms with Gasteiger partial charge in [-0.25, -0.2) is 0 Å². The minimum absolute atomic E-state index is 0.698. The lowest BCUT2D eigenvalue weighted by Crippen LogP contribution is -2.37.